The van der Waals surface area contributed by atoms with Crippen molar-refractivity contribution < 1.29 is 14.1 Å². The molecule has 3 rings (SSSR count). The second kappa shape index (κ2) is 9.64. The van der Waals surface area contributed by atoms with E-state index in [1.54, 1.807) is 18.1 Å². The molecule has 0 unspecified atom stereocenters. The topological polar surface area (TPSA) is 81.4 Å². The first-order chi connectivity index (χ1) is 13.6. The summed E-state index contributed by atoms with van der Waals surface area (Å²) in [7, 11) is 1.79. The molecule has 0 saturated heterocycles. The number of aryl methyl sites for hydroxylation is 2. The molecule has 3 aromatic rings. The molecule has 0 N–H and O–H groups in total. The van der Waals surface area contributed by atoms with E-state index in [0.29, 0.717) is 43.4 Å². The highest BCUT2D eigenvalue weighted by Crippen LogP contribution is 2.16. The number of amides is 1. The molecule has 0 bridgehead atoms. The second-order valence-electron chi connectivity index (χ2n) is 6.51. The second-order valence-corrected chi connectivity index (χ2v) is 6.51. The van der Waals surface area contributed by atoms with Crippen molar-refractivity contribution in [2.75, 3.05) is 20.2 Å². The van der Waals surface area contributed by atoms with Crippen LogP contribution in [0, 0.1) is 6.92 Å². The van der Waals surface area contributed by atoms with Gasteiger partial charge in [0.15, 0.2) is 0 Å². The van der Waals surface area contributed by atoms with Gasteiger partial charge >= 0.3 is 0 Å². The number of benzene rings is 1. The summed E-state index contributed by atoms with van der Waals surface area (Å²) in [6.07, 6.45) is 3.16. The van der Waals surface area contributed by atoms with E-state index in [2.05, 4.69) is 15.1 Å². The number of ether oxygens (including phenoxy) is 1. The average Bonchev–Trinajstić information content (AvgIpc) is 3.20. The molecule has 0 radical (unpaired) electrons. The molecule has 0 aliphatic heterocycles. The van der Waals surface area contributed by atoms with Gasteiger partial charge in [0.05, 0.1) is 6.61 Å². The zero-order valence-corrected chi connectivity index (χ0v) is 16.2. The molecule has 0 atom stereocenters. The predicted octanol–water partition coefficient (Wildman–Crippen LogP) is 3.30. The third-order valence-electron chi connectivity index (χ3n) is 4.33. The first-order valence-electron chi connectivity index (χ1n) is 9.30. The Morgan fingerprint density at radius 2 is 2.00 bits per heavy atom. The molecule has 0 saturated carbocycles. The number of hydrogen-bond acceptors (Lipinski definition) is 6. The molecule has 28 heavy (non-hydrogen) atoms. The van der Waals surface area contributed by atoms with Gasteiger partial charge in [-0.05, 0) is 37.1 Å². The van der Waals surface area contributed by atoms with Gasteiger partial charge in [0.2, 0.25) is 17.6 Å². The van der Waals surface area contributed by atoms with Crippen LogP contribution in [0.4, 0.5) is 0 Å². The third-order valence-corrected chi connectivity index (χ3v) is 4.33. The molecular weight excluding hydrogens is 356 g/mol. The molecular formula is C21H24N4O3. The maximum absolute atomic E-state index is 12.3. The number of aromatic nitrogens is 3. The van der Waals surface area contributed by atoms with E-state index in [1.165, 1.54) is 0 Å². The van der Waals surface area contributed by atoms with Crippen molar-refractivity contribution in [3.63, 3.8) is 0 Å². The standard InChI is InChI=1S/C21H24N4O3/c1-16-8-3-4-10-18(16)27-15-7-14-25(2)20(26)12-11-19-23-21(24-28-19)17-9-5-6-13-22-17/h3-6,8-10,13H,7,11-12,14-15H2,1-2H3. The Bertz CT molecular complexity index is 895. The van der Waals surface area contributed by atoms with Crippen molar-refractivity contribution in [3.8, 4) is 17.3 Å². The highest BCUT2D eigenvalue weighted by atomic mass is 16.5. The van der Waals surface area contributed by atoms with Crippen LogP contribution in [-0.4, -0.2) is 46.1 Å². The minimum Gasteiger partial charge on any atom is -0.493 e. The molecule has 1 aromatic carbocycles. The van der Waals surface area contributed by atoms with Crippen molar-refractivity contribution >= 4 is 5.91 Å². The average molecular weight is 380 g/mol. The molecule has 146 valence electrons. The fraction of sp³-hybridized carbons (Fsp3) is 0.333. The summed E-state index contributed by atoms with van der Waals surface area (Å²) in [4.78, 5) is 22.5. The Balaban J connectivity index is 1.39. The van der Waals surface area contributed by atoms with Crippen LogP contribution in [0.5, 0.6) is 5.75 Å². The van der Waals surface area contributed by atoms with E-state index in [-0.39, 0.29) is 5.91 Å². The van der Waals surface area contributed by atoms with E-state index >= 15 is 0 Å². The van der Waals surface area contributed by atoms with Crippen LogP contribution in [0.3, 0.4) is 0 Å². The maximum atomic E-state index is 12.3. The summed E-state index contributed by atoms with van der Waals surface area (Å²) in [5.74, 6) is 1.79. The number of pyridine rings is 1. The quantitative estimate of drug-likeness (QED) is 0.530. The normalized spacial score (nSPS) is 10.6. The first-order valence-corrected chi connectivity index (χ1v) is 9.30. The van der Waals surface area contributed by atoms with E-state index < -0.39 is 0 Å². The van der Waals surface area contributed by atoms with Crippen molar-refractivity contribution in [1.29, 1.82) is 0 Å². The molecule has 1 amide bonds. The van der Waals surface area contributed by atoms with E-state index in [4.69, 9.17) is 9.26 Å². The molecule has 7 heteroatoms. The lowest BCUT2D eigenvalue weighted by molar-refractivity contribution is -0.130. The molecule has 2 aromatic heterocycles. The number of carbonyl (C=O) groups is 1. The van der Waals surface area contributed by atoms with E-state index in [1.807, 2.05) is 49.4 Å². The van der Waals surface area contributed by atoms with Crippen LogP contribution in [0.25, 0.3) is 11.5 Å². The van der Waals surface area contributed by atoms with Crippen LogP contribution in [0.2, 0.25) is 0 Å². The van der Waals surface area contributed by atoms with Crippen LogP contribution >= 0.6 is 0 Å². The first kappa shape index (κ1) is 19.5. The highest BCUT2D eigenvalue weighted by molar-refractivity contribution is 5.76. The minimum absolute atomic E-state index is 0.0356. The smallest absolute Gasteiger partial charge is 0.227 e. The zero-order valence-electron chi connectivity index (χ0n) is 16.2. The molecule has 0 aliphatic rings. The van der Waals surface area contributed by atoms with E-state index in [0.717, 1.165) is 17.7 Å². The van der Waals surface area contributed by atoms with Gasteiger partial charge in [-0.3, -0.25) is 9.78 Å². The summed E-state index contributed by atoms with van der Waals surface area (Å²) in [6, 6.07) is 13.4. The number of carbonyl (C=O) groups excluding carboxylic acids is 1. The Hall–Kier alpha value is -3.22. The van der Waals surface area contributed by atoms with Gasteiger partial charge in [-0.1, -0.05) is 29.4 Å². The van der Waals surface area contributed by atoms with Gasteiger partial charge in [0.25, 0.3) is 0 Å². The van der Waals surface area contributed by atoms with Gasteiger partial charge in [-0.25, -0.2) is 0 Å². The molecule has 0 aliphatic carbocycles. The monoisotopic (exact) mass is 380 g/mol. The summed E-state index contributed by atoms with van der Waals surface area (Å²) in [5.41, 5.74) is 1.76. The van der Waals surface area contributed by atoms with Crippen molar-refractivity contribution in [1.82, 2.24) is 20.0 Å². The van der Waals surface area contributed by atoms with Gasteiger partial charge in [0, 0.05) is 32.6 Å². The highest BCUT2D eigenvalue weighted by Gasteiger charge is 2.13. The maximum Gasteiger partial charge on any atom is 0.227 e. The lowest BCUT2D eigenvalue weighted by atomic mass is 10.2. The summed E-state index contributed by atoms with van der Waals surface area (Å²) >= 11 is 0. The van der Waals surface area contributed by atoms with Crippen molar-refractivity contribution in [2.45, 2.75) is 26.2 Å². The lowest BCUT2D eigenvalue weighted by Gasteiger charge is -2.17. The van der Waals surface area contributed by atoms with E-state index in [9.17, 15) is 4.79 Å². The fourth-order valence-corrected chi connectivity index (χ4v) is 2.69. The summed E-state index contributed by atoms with van der Waals surface area (Å²) in [5, 5.41) is 3.92. The van der Waals surface area contributed by atoms with Crippen LogP contribution in [-0.2, 0) is 11.2 Å². The Morgan fingerprint density at radius 3 is 2.79 bits per heavy atom. The Morgan fingerprint density at radius 1 is 1.18 bits per heavy atom. The molecule has 2 heterocycles. The van der Waals surface area contributed by atoms with Gasteiger partial charge < -0.3 is 14.2 Å². The number of para-hydroxylation sites is 1. The fourth-order valence-electron chi connectivity index (χ4n) is 2.69. The Kier molecular flexibility index (Phi) is 6.73. The van der Waals surface area contributed by atoms with Crippen LogP contribution < -0.4 is 4.74 Å². The largest absolute Gasteiger partial charge is 0.493 e. The number of hydrogen-bond donors (Lipinski definition) is 0. The third kappa shape index (κ3) is 5.39. The predicted molar refractivity (Wildman–Crippen MR) is 105 cm³/mol. The zero-order chi connectivity index (χ0) is 19.8. The van der Waals surface area contributed by atoms with Gasteiger partial charge in [0.1, 0.15) is 11.4 Å². The van der Waals surface area contributed by atoms with Gasteiger partial charge in [-0.15, -0.1) is 0 Å². The number of rotatable bonds is 9. The lowest BCUT2D eigenvalue weighted by Crippen LogP contribution is -2.28. The Labute approximate surface area is 164 Å². The molecule has 0 fully saturated rings. The number of nitrogens with zero attached hydrogens (tertiary/aromatic N) is 4. The van der Waals surface area contributed by atoms with Crippen LogP contribution in [0.15, 0.2) is 53.2 Å². The van der Waals surface area contributed by atoms with Crippen molar-refractivity contribution in [3.05, 3.63) is 60.1 Å². The minimum atomic E-state index is 0.0356. The summed E-state index contributed by atoms with van der Waals surface area (Å²) in [6.45, 7) is 3.22. The molecule has 7 nitrogen and oxygen atoms in total. The van der Waals surface area contributed by atoms with Gasteiger partial charge in [-0.2, -0.15) is 4.98 Å². The molecule has 0 spiro atoms. The SMILES string of the molecule is Cc1ccccc1OCCCN(C)C(=O)CCc1nc(-c2ccccn2)no1. The van der Waals surface area contributed by atoms with Crippen molar-refractivity contribution in [2.24, 2.45) is 0 Å². The van der Waals surface area contributed by atoms with Crippen LogP contribution in [0.1, 0.15) is 24.3 Å². The summed E-state index contributed by atoms with van der Waals surface area (Å²) < 4.78 is 11.0.